The van der Waals surface area contributed by atoms with E-state index >= 15 is 0 Å². The molecule has 2 nitrogen and oxygen atoms in total. The summed E-state index contributed by atoms with van der Waals surface area (Å²) in [6.07, 6.45) is 0. The fourth-order valence-corrected chi connectivity index (χ4v) is 1.89. The van der Waals surface area contributed by atoms with Crippen molar-refractivity contribution in [2.24, 2.45) is 11.7 Å². The lowest BCUT2D eigenvalue weighted by Gasteiger charge is -2.23. The van der Waals surface area contributed by atoms with Gasteiger partial charge in [-0.2, -0.15) is 0 Å². The van der Waals surface area contributed by atoms with Crippen molar-refractivity contribution in [1.29, 1.82) is 0 Å². The fraction of sp³-hybridized carbons (Fsp3) is 0.571. The fourth-order valence-electron chi connectivity index (χ4n) is 1.89. The molecule has 0 aliphatic heterocycles. The Bertz CT molecular complexity index is 309. The predicted octanol–water partition coefficient (Wildman–Crippen LogP) is 2.41. The number of nitrogens with two attached hydrogens (primary N) is 1. The molecule has 1 aromatic carbocycles. The molecule has 0 fully saturated rings. The zero-order valence-corrected chi connectivity index (χ0v) is 10.7. The van der Waals surface area contributed by atoms with E-state index in [2.05, 4.69) is 49.9 Å². The van der Waals surface area contributed by atoms with Crippen molar-refractivity contribution in [3.63, 3.8) is 0 Å². The van der Waals surface area contributed by atoms with E-state index in [-0.39, 0.29) is 0 Å². The molecule has 2 N–H and O–H groups in total. The zero-order chi connectivity index (χ0) is 12.0. The Kier molecular flexibility index (Phi) is 5.50. The SMILES string of the molecule is CCN(Cc1cccc(C)c1)CC(C)CN. The highest BCUT2D eigenvalue weighted by atomic mass is 15.1. The molecule has 0 heterocycles. The molecule has 0 bridgehead atoms. The van der Waals surface area contributed by atoms with Crippen LogP contribution in [0, 0.1) is 12.8 Å². The van der Waals surface area contributed by atoms with Gasteiger partial charge in [0.15, 0.2) is 0 Å². The van der Waals surface area contributed by atoms with Crippen LogP contribution in [0.2, 0.25) is 0 Å². The van der Waals surface area contributed by atoms with Crippen LogP contribution in [0.1, 0.15) is 25.0 Å². The Morgan fingerprint density at radius 1 is 1.38 bits per heavy atom. The maximum atomic E-state index is 5.67. The van der Waals surface area contributed by atoms with Crippen LogP contribution in [-0.4, -0.2) is 24.5 Å². The summed E-state index contributed by atoms with van der Waals surface area (Å²) >= 11 is 0. The summed E-state index contributed by atoms with van der Waals surface area (Å²) in [5.41, 5.74) is 8.39. The summed E-state index contributed by atoms with van der Waals surface area (Å²) in [5.74, 6) is 0.574. The standard InChI is InChI=1S/C14H24N2/c1-4-16(10-13(3)9-15)11-14-7-5-6-12(2)8-14/h5-8,13H,4,9-11,15H2,1-3H3. The number of rotatable bonds is 6. The average molecular weight is 220 g/mol. The van der Waals surface area contributed by atoms with E-state index in [4.69, 9.17) is 5.73 Å². The minimum absolute atomic E-state index is 0.574. The second-order valence-corrected chi connectivity index (χ2v) is 4.66. The van der Waals surface area contributed by atoms with Gasteiger partial charge in [0.05, 0.1) is 0 Å². The topological polar surface area (TPSA) is 29.3 Å². The van der Waals surface area contributed by atoms with Gasteiger partial charge < -0.3 is 5.73 Å². The van der Waals surface area contributed by atoms with Crippen LogP contribution in [0.15, 0.2) is 24.3 Å². The van der Waals surface area contributed by atoms with E-state index in [1.165, 1.54) is 11.1 Å². The molecule has 1 rings (SSSR count). The summed E-state index contributed by atoms with van der Waals surface area (Å²) in [6, 6.07) is 8.73. The van der Waals surface area contributed by atoms with Crippen LogP contribution in [0.4, 0.5) is 0 Å². The number of benzene rings is 1. The molecule has 1 aromatic rings. The largest absolute Gasteiger partial charge is 0.330 e. The van der Waals surface area contributed by atoms with Crippen LogP contribution in [0.5, 0.6) is 0 Å². The Morgan fingerprint density at radius 2 is 2.12 bits per heavy atom. The minimum Gasteiger partial charge on any atom is -0.330 e. The molecule has 0 amide bonds. The molecular formula is C14H24N2. The Balaban J connectivity index is 2.56. The van der Waals surface area contributed by atoms with Crippen LogP contribution < -0.4 is 5.73 Å². The Labute approximate surface area is 99.5 Å². The number of hydrogen-bond acceptors (Lipinski definition) is 2. The van der Waals surface area contributed by atoms with Crippen molar-refractivity contribution in [3.8, 4) is 0 Å². The first kappa shape index (κ1) is 13.2. The van der Waals surface area contributed by atoms with E-state index in [0.29, 0.717) is 5.92 Å². The Morgan fingerprint density at radius 3 is 2.69 bits per heavy atom. The summed E-state index contributed by atoms with van der Waals surface area (Å²) in [6.45, 7) is 10.5. The average Bonchev–Trinajstić information content (AvgIpc) is 2.28. The van der Waals surface area contributed by atoms with E-state index in [1.807, 2.05) is 0 Å². The van der Waals surface area contributed by atoms with Gasteiger partial charge in [-0.1, -0.05) is 43.7 Å². The number of aryl methyl sites for hydroxylation is 1. The first-order valence-electron chi connectivity index (χ1n) is 6.13. The maximum Gasteiger partial charge on any atom is 0.0233 e. The van der Waals surface area contributed by atoms with Gasteiger partial charge in [0.1, 0.15) is 0 Å². The summed E-state index contributed by atoms with van der Waals surface area (Å²) < 4.78 is 0. The summed E-state index contributed by atoms with van der Waals surface area (Å²) in [5, 5.41) is 0. The van der Waals surface area contributed by atoms with E-state index in [9.17, 15) is 0 Å². The molecule has 2 heteroatoms. The quantitative estimate of drug-likeness (QED) is 0.797. The summed E-state index contributed by atoms with van der Waals surface area (Å²) in [4.78, 5) is 2.45. The second-order valence-electron chi connectivity index (χ2n) is 4.66. The van der Waals surface area contributed by atoms with Crippen molar-refractivity contribution >= 4 is 0 Å². The third-order valence-electron chi connectivity index (χ3n) is 2.91. The van der Waals surface area contributed by atoms with Gasteiger partial charge in [-0.05, 0) is 31.5 Å². The second kappa shape index (κ2) is 6.66. The molecule has 0 aromatic heterocycles. The van der Waals surface area contributed by atoms with Gasteiger partial charge in [-0.25, -0.2) is 0 Å². The Hall–Kier alpha value is -0.860. The zero-order valence-electron chi connectivity index (χ0n) is 10.7. The van der Waals surface area contributed by atoms with Crippen molar-refractivity contribution in [1.82, 2.24) is 4.90 Å². The van der Waals surface area contributed by atoms with Crippen molar-refractivity contribution < 1.29 is 0 Å². The molecule has 1 unspecified atom stereocenters. The third-order valence-corrected chi connectivity index (χ3v) is 2.91. The highest BCUT2D eigenvalue weighted by molar-refractivity contribution is 5.22. The predicted molar refractivity (Wildman–Crippen MR) is 70.3 cm³/mol. The van der Waals surface area contributed by atoms with E-state index in [0.717, 1.165) is 26.2 Å². The maximum absolute atomic E-state index is 5.67. The minimum atomic E-state index is 0.574. The molecule has 0 saturated heterocycles. The lowest BCUT2D eigenvalue weighted by molar-refractivity contribution is 0.243. The van der Waals surface area contributed by atoms with Crippen LogP contribution in [0.3, 0.4) is 0 Å². The van der Waals surface area contributed by atoms with Gasteiger partial charge in [-0.15, -0.1) is 0 Å². The highest BCUT2D eigenvalue weighted by Gasteiger charge is 2.07. The van der Waals surface area contributed by atoms with Crippen molar-refractivity contribution in [3.05, 3.63) is 35.4 Å². The normalized spacial score (nSPS) is 13.1. The van der Waals surface area contributed by atoms with Crippen LogP contribution in [-0.2, 0) is 6.54 Å². The molecule has 90 valence electrons. The van der Waals surface area contributed by atoms with Crippen molar-refractivity contribution in [2.45, 2.75) is 27.3 Å². The molecule has 0 radical (unpaired) electrons. The van der Waals surface area contributed by atoms with E-state index in [1.54, 1.807) is 0 Å². The van der Waals surface area contributed by atoms with Gasteiger partial charge in [0.2, 0.25) is 0 Å². The molecule has 0 saturated carbocycles. The van der Waals surface area contributed by atoms with Gasteiger partial charge in [-0.3, -0.25) is 4.90 Å². The lowest BCUT2D eigenvalue weighted by atomic mass is 10.1. The molecular weight excluding hydrogens is 196 g/mol. The highest BCUT2D eigenvalue weighted by Crippen LogP contribution is 2.09. The molecule has 0 aliphatic rings. The summed E-state index contributed by atoms with van der Waals surface area (Å²) in [7, 11) is 0. The number of nitrogens with zero attached hydrogens (tertiary/aromatic N) is 1. The molecule has 16 heavy (non-hydrogen) atoms. The molecule has 0 spiro atoms. The first-order valence-corrected chi connectivity index (χ1v) is 6.13. The van der Waals surface area contributed by atoms with E-state index < -0.39 is 0 Å². The first-order chi connectivity index (χ1) is 7.65. The smallest absolute Gasteiger partial charge is 0.0233 e. The van der Waals surface area contributed by atoms with Crippen LogP contribution in [0.25, 0.3) is 0 Å². The number of hydrogen-bond donors (Lipinski definition) is 1. The molecule has 1 atom stereocenters. The third kappa shape index (κ3) is 4.33. The van der Waals surface area contributed by atoms with Crippen LogP contribution >= 0.6 is 0 Å². The monoisotopic (exact) mass is 220 g/mol. The van der Waals surface area contributed by atoms with Gasteiger partial charge in [0.25, 0.3) is 0 Å². The lowest BCUT2D eigenvalue weighted by Crippen LogP contribution is -2.31. The van der Waals surface area contributed by atoms with Gasteiger partial charge in [0, 0.05) is 13.1 Å². The van der Waals surface area contributed by atoms with Gasteiger partial charge >= 0.3 is 0 Å². The molecule has 0 aliphatic carbocycles. The van der Waals surface area contributed by atoms with Crippen molar-refractivity contribution in [2.75, 3.05) is 19.6 Å².